The first-order valence-corrected chi connectivity index (χ1v) is 11.6. The monoisotopic (exact) mass is 483 g/mol. The number of rotatable bonds is 8. The van der Waals surface area contributed by atoms with E-state index in [1.165, 1.54) is 13.2 Å². The Kier molecular flexibility index (Phi) is 7.84. The number of aromatic amines is 1. The summed E-state index contributed by atoms with van der Waals surface area (Å²) in [6, 6.07) is 3.31. The Morgan fingerprint density at radius 2 is 1.91 bits per heavy atom. The smallest absolute Gasteiger partial charge is 0.340 e. The van der Waals surface area contributed by atoms with Crippen LogP contribution in [-0.2, 0) is 24.2 Å². The number of anilines is 1. The number of aromatic nitrogens is 1. The van der Waals surface area contributed by atoms with E-state index in [0.717, 1.165) is 16.4 Å². The predicted octanol–water partition coefficient (Wildman–Crippen LogP) is 1.85. The van der Waals surface area contributed by atoms with Crippen molar-refractivity contribution in [3.8, 4) is 0 Å². The normalized spacial score (nSPS) is 14.8. The number of hydrogen-bond acceptors (Lipinski definition) is 7. The van der Waals surface area contributed by atoms with Crippen LogP contribution < -0.4 is 5.32 Å². The van der Waals surface area contributed by atoms with Crippen LogP contribution >= 0.6 is 0 Å². The van der Waals surface area contributed by atoms with Crippen LogP contribution in [0.15, 0.2) is 23.1 Å². The maximum Gasteiger partial charge on any atom is 0.340 e. The summed E-state index contributed by atoms with van der Waals surface area (Å²) >= 11 is 0. The van der Waals surface area contributed by atoms with Gasteiger partial charge in [-0.1, -0.05) is 0 Å². The SMILES string of the molecule is COCCOC(=O)c1c(C)[nH]c(C(=O)Nc2ccc(F)c(S(=O)(=O)N3CCOCC3)c2)c1C. The van der Waals surface area contributed by atoms with Gasteiger partial charge >= 0.3 is 5.97 Å². The molecule has 1 fully saturated rings. The summed E-state index contributed by atoms with van der Waals surface area (Å²) in [5, 5.41) is 2.56. The summed E-state index contributed by atoms with van der Waals surface area (Å²) in [5.74, 6) is -2.14. The quantitative estimate of drug-likeness (QED) is 0.433. The summed E-state index contributed by atoms with van der Waals surface area (Å²) in [6.07, 6.45) is 0. The van der Waals surface area contributed by atoms with Crippen LogP contribution in [0.3, 0.4) is 0 Å². The van der Waals surface area contributed by atoms with Crippen LogP contribution in [0.5, 0.6) is 0 Å². The Morgan fingerprint density at radius 1 is 1.21 bits per heavy atom. The number of amides is 1. The van der Waals surface area contributed by atoms with E-state index >= 15 is 0 Å². The van der Waals surface area contributed by atoms with Crippen LogP contribution in [0.25, 0.3) is 0 Å². The third kappa shape index (κ3) is 5.41. The number of ether oxygens (including phenoxy) is 3. The first-order chi connectivity index (χ1) is 15.7. The predicted molar refractivity (Wildman–Crippen MR) is 116 cm³/mol. The number of halogens is 1. The molecule has 1 aliphatic rings. The van der Waals surface area contributed by atoms with Crippen molar-refractivity contribution in [1.82, 2.24) is 9.29 Å². The minimum absolute atomic E-state index is 0.0664. The zero-order valence-corrected chi connectivity index (χ0v) is 19.4. The maximum absolute atomic E-state index is 14.4. The van der Waals surface area contributed by atoms with Crippen LogP contribution in [0, 0.1) is 19.7 Å². The number of morpholine rings is 1. The van der Waals surface area contributed by atoms with Crippen LogP contribution in [0.1, 0.15) is 32.1 Å². The molecule has 0 bridgehead atoms. The number of carbonyl (C=O) groups excluding carboxylic acids is 2. The lowest BCUT2D eigenvalue weighted by Gasteiger charge is -2.26. The molecule has 1 amide bonds. The number of nitrogens with one attached hydrogen (secondary N) is 2. The molecule has 2 heterocycles. The highest BCUT2D eigenvalue weighted by Gasteiger charge is 2.30. The summed E-state index contributed by atoms with van der Waals surface area (Å²) < 4.78 is 56.4. The van der Waals surface area contributed by atoms with Gasteiger partial charge in [0, 0.05) is 31.6 Å². The van der Waals surface area contributed by atoms with E-state index in [9.17, 15) is 22.4 Å². The fraction of sp³-hybridized carbons (Fsp3) is 0.429. The molecule has 0 radical (unpaired) electrons. The third-order valence-corrected chi connectivity index (χ3v) is 7.08. The van der Waals surface area contributed by atoms with E-state index in [1.807, 2.05) is 0 Å². The van der Waals surface area contributed by atoms with Gasteiger partial charge in [-0.2, -0.15) is 4.31 Å². The molecule has 0 aliphatic carbocycles. The molecule has 180 valence electrons. The first-order valence-electron chi connectivity index (χ1n) is 10.2. The standard InChI is InChI=1S/C21H26FN3O7S/c1-13-18(21(27)32-11-10-30-3)14(2)23-19(13)20(26)24-15-4-5-16(22)17(12-15)33(28,29)25-6-8-31-9-7-25/h4-5,12,23H,6-11H2,1-3H3,(H,24,26). The fourth-order valence-electron chi connectivity index (χ4n) is 3.47. The van der Waals surface area contributed by atoms with Crippen molar-refractivity contribution in [1.29, 1.82) is 0 Å². The molecule has 10 nitrogen and oxygen atoms in total. The van der Waals surface area contributed by atoms with Gasteiger partial charge in [-0.05, 0) is 37.6 Å². The van der Waals surface area contributed by atoms with E-state index in [-0.39, 0.29) is 56.5 Å². The molecule has 0 atom stereocenters. The number of esters is 1. The lowest BCUT2D eigenvalue weighted by Crippen LogP contribution is -2.40. The maximum atomic E-state index is 14.4. The number of carbonyl (C=O) groups is 2. The summed E-state index contributed by atoms with van der Waals surface area (Å²) in [4.78, 5) is 27.5. The van der Waals surface area contributed by atoms with Gasteiger partial charge in [-0.3, -0.25) is 4.79 Å². The summed E-state index contributed by atoms with van der Waals surface area (Å²) in [7, 11) is -2.62. The molecule has 0 spiro atoms. The van der Waals surface area contributed by atoms with Crippen LogP contribution in [0.2, 0.25) is 0 Å². The highest BCUT2D eigenvalue weighted by atomic mass is 32.2. The van der Waals surface area contributed by atoms with E-state index in [1.54, 1.807) is 13.8 Å². The molecule has 0 unspecified atom stereocenters. The number of H-pyrrole nitrogens is 1. The van der Waals surface area contributed by atoms with Crippen molar-refractivity contribution in [3.63, 3.8) is 0 Å². The van der Waals surface area contributed by atoms with Crippen molar-refractivity contribution in [2.75, 3.05) is 51.9 Å². The second-order valence-electron chi connectivity index (χ2n) is 7.37. The van der Waals surface area contributed by atoms with E-state index < -0.39 is 32.6 Å². The molecule has 1 aromatic carbocycles. The Hall–Kier alpha value is -2.80. The number of benzene rings is 1. The molecule has 1 aliphatic heterocycles. The van der Waals surface area contributed by atoms with Crippen molar-refractivity contribution in [3.05, 3.63) is 46.5 Å². The van der Waals surface area contributed by atoms with Crippen molar-refractivity contribution in [2.24, 2.45) is 0 Å². The molecule has 2 N–H and O–H groups in total. The molecule has 3 rings (SSSR count). The number of nitrogens with zero attached hydrogens (tertiary/aromatic N) is 1. The fourth-order valence-corrected chi connectivity index (χ4v) is 4.97. The lowest BCUT2D eigenvalue weighted by atomic mass is 10.1. The Bertz CT molecular complexity index is 1140. The largest absolute Gasteiger partial charge is 0.460 e. The zero-order chi connectivity index (χ0) is 24.2. The van der Waals surface area contributed by atoms with E-state index in [0.29, 0.717) is 11.3 Å². The second-order valence-corrected chi connectivity index (χ2v) is 9.28. The zero-order valence-electron chi connectivity index (χ0n) is 18.6. The summed E-state index contributed by atoms with van der Waals surface area (Å²) in [6.45, 7) is 4.19. The van der Waals surface area contributed by atoms with Crippen LogP contribution in [-0.4, -0.2) is 76.2 Å². The molecule has 1 saturated heterocycles. The molecule has 12 heteroatoms. The van der Waals surface area contributed by atoms with Gasteiger partial charge in [-0.25, -0.2) is 17.6 Å². The highest BCUT2D eigenvalue weighted by Crippen LogP contribution is 2.25. The molecule has 2 aromatic rings. The van der Waals surface area contributed by atoms with Crippen molar-refractivity contribution in [2.45, 2.75) is 18.7 Å². The highest BCUT2D eigenvalue weighted by molar-refractivity contribution is 7.89. The number of methoxy groups -OCH3 is 1. The van der Waals surface area contributed by atoms with Crippen LogP contribution in [0.4, 0.5) is 10.1 Å². The van der Waals surface area contributed by atoms with Gasteiger partial charge in [0.25, 0.3) is 5.91 Å². The first kappa shape index (κ1) is 24.8. The third-order valence-electron chi connectivity index (χ3n) is 5.17. The van der Waals surface area contributed by atoms with Gasteiger partial charge < -0.3 is 24.5 Å². The number of hydrogen-bond donors (Lipinski definition) is 2. The average molecular weight is 484 g/mol. The van der Waals surface area contributed by atoms with Gasteiger partial charge in [0.2, 0.25) is 10.0 Å². The Morgan fingerprint density at radius 3 is 2.58 bits per heavy atom. The van der Waals surface area contributed by atoms with Gasteiger partial charge in [0.1, 0.15) is 23.0 Å². The molecular formula is C21H26FN3O7S. The molecular weight excluding hydrogens is 457 g/mol. The number of aryl methyl sites for hydroxylation is 1. The lowest BCUT2D eigenvalue weighted by molar-refractivity contribution is 0.0386. The van der Waals surface area contributed by atoms with E-state index in [2.05, 4.69) is 10.3 Å². The molecule has 1 aromatic heterocycles. The second kappa shape index (κ2) is 10.4. The topological polar surface area (TPSA) is 127 Å². The van der Waals surface area contributed by atoms with Crippen molar-refractivity contribution < 1.29 is 36.6 Å². The van der Waals surface area contributed by atoms with E-state index in [4.69, 9.17) is 14.2 Å². The number of sulfonamides is 1. The van der Waals surface area contributed by atoms with Crippen molar-refractivity contribution >= 4 is 27.6 Å². The Balaban J connectivity index is 1.82. The average Bonchev–Trinajstić information content (AvgIpc) is 3.09. The van der Waals surface area contributed by atoms with Gasteiger partial charge in [0.15, 0.2) is 0 Å². The molecule has 0 saturated carbocycles. The minimum atomic E-state index is -4.10. The Labute approximate surface area is 191 Å². The minimum Gasteiger partial charge on any atom is -0.460 e. The van der Waals surface area contributed by atoms with Gasteiger partial charge in [-0.15, -0.1) is 0 Å². The summed E-state index contributed by atoms with van der Waals surface area (Å²) in [5.41, 5.74) is 1.23. The molecule has 33 heavy (non-hydrogen) atoms. The van der Waals surface area contributed by atoms with Gasteiger partial charge in [0.05, 0.1) is 25.4 Å².